The molecule has 0 unspecified atom stereocenters. The molecule has 0 saturated heterocycles. The van der Waals surface area contributed by atoms with Gasteiger partial charge >= 0.3 is 0 Å². The van der Waals surface area contributed by atoms with Crippen LogP contribution in [0.25, 0.3) is 0 Å². The van der Waals surface area contributed by atoms with Crippen molar-refractivity contribution in [1.82, 2.24) is 0 Å². The lowest BCUT2D eigenvalue weighted by Crippen LogP contribution is -2.18. The van der Waals surface area contributed by atoms with Gasteiger partial charge in [0.15, 0.2) is 5.78 Å². The maximum atomic E-state index is 12.8. The third-order valence-electron chi connectivity index (χ3n) is 4.06. The highest BCUT2D eigenvalue weighted by Gasteiger charge is 2.22. The molecule has 0 aliphatic rings. The average molecular weight is 310 g/mol. The van der Waals surface area contributed by atoms with Crippen LogP contribution < -0.4 is 0 Å². The Balaban J connectivity index is 2.57. The maximum Gasteiger partial charge on any atom is 0.193 e. The zero-order chi connectivity index (χ0) is 17.4. The average Bonchev–Trinajstić information content (AvgIpc) is 2.45. The smallest absolute Gasteiger partial charge is 0.193 e. The second kappa shape index (κ2) is 5.84. The van der Waals surface area contributed by atoms with Crippen LogP contribution >= 0.6 is 0 Å². The molecule has 0 atom stereocenters. The van der Waals surface area contributed by atoms with Crippen molar-refractivity contribution < 1.29 is 9.90 Å². The number of ketones is 1. The van der Waals surface area contributed by atoms with E-state index in [-0.39, 0.29) is 22.4 Å². The van der Waals surface area contributed by atoms with Crippen molar-refractivity contribution in [2.75, 3.05) is 0 Å². The minimum Gasteiger partial charge on any atom is -0.508 e. The Bertz CT molecular complexity index is 679. The lowest BCUT2D eigenvalue weighted by Gasteiger charge is -2.26. The van der Waals surface area contributed by atoms with Crippen LogP contribution in [0.3, 0.4) is 0 Å². The van der Waals surface area contributed by atoms with Crippen LogP contribution in [0.4, 0.5) is 0 Å². The van der Waals surface area contributed by atoms with Crippen LogP contribution in [0.2, 0.25) is 0 Å². The Hall–Kier alpha value is -2.09. The molecule has 0 aliphatic carbocycles. The van der Waals surface area contributed by atoms with Gasteiger partial charge in [-0.05, 0) is 58.4 Å². The lowest BCUT2D eigenvalue weighted by molar-refractivity contribution is 0.103. The Morgan fingerprint density at radius 2 is 1.17 bits per heavy atom. The largest absolute Gasteiger partial charge is 0.508 e. The summed E-state index contributed by atoms with van der Waals surface area (Å²) in [6.45, 7) is 12.9. The number of carbonyl (C=O) groups is 1. The van der Waals surface area contributed by atoms with E-state index < -0.39 is 0 Å². The van der Waals surface area contributed by atoms with Gasteiger partial charge in [-0.15, -0.1) is 0 Å². The van der Waals surface area contributed by atoms with Crippen molar-refractivity contribution in [3.8, 4) is 5.75 Å². The molecule has 2 aromatic rings. The van der Waals surface area contributed by atoms with Crippen molar-refractivity contribution in [2.45, 2.75) is 52.4 Å². The van der Waals surface area contributed by atoms with Gasteiger partial charge in [-0.3, -0.25) is 4.79 Å². The molecule has 122 valence electrons. The van der Waals surface area contributed by atoms with E-state index in [9.17, 15) is 9.90 Å². The lowest BCUT2D eigenvalue weighted by atomic mass is 9.79. The van der Waals surface area contributed by atoms with Crippen LogP contribution in [0, 0.1) is 0 Å². The molecule has 0 aliphatic heterocycles. The summed E-state index contributed by atoms with van der Waals surface area (Å²) in [7, 11) is 0. The van der Waals surface area contributed by atoms with E-state index in [0.717, 1.165) is 11.1 Å². The molecule has 2 rings (SSSR count). The number of phenolic OH excluding ortho intramolecular Hbond substituents is 1. The molecule has 23 heavy (non-hydrogen) atoms. The number of carbonyl (C=O) groups excluding carboxylic acids is 1. The summed E-state index contributed by atoms with van der Waals surface area (Å²) in [6.07, 6.45) is 0. The zero-order valence-electron chi connectivity index (χ0n) is 14.9. The second-order valence-corrected chi connectivity index (χ2v) is 8.18. The number of hydrogen-bond donors (Lipinski definition) is 1. The first kappa shape index (κ1) is 17.3. The zero-order valence-corrected chi connectivity index (χ0v) is 14.9. The van der Waals surface area contributed by atoms with E-state index in [0.29, 0.717) is 11.1 Å². The van der Waals surface area contributed by atoms with Crippen molar-refractivity contribution >= 4 is 5.78 Å². The predicted molar refractivity (Wildman–Crippen MR) is 95.4 cm³/mol. The molecular formula is C21H26O2. The molecule has 0 bridgehead atoms. The Labute approximate surface area is 139 Å². The molecule has 1 N–H and O–H groups in total. The molecular weight excluding hydrogens is 284 g/mol. The van der Waals surface area contributed by atoms with E-state index in [1.807, 2.05) is 12.1 Å². The van der Waals surface area contributed by atoms with E-state index in [4.69, 9.17) is 0 Å². The second-order valence-electron chi connectivity index (χ2n) is 8.18. The highest BCUT2D eigenvalue weighted by molar-refractivity contribution is 6.09. The highest BCUT2D eigenvalue weighted by Crippen LogP contribution is 2.31. The van der Waals surface area contributed by atoms with Gasteiger partial charge in [-0.2, -0.15) is 0 Å². The van der Waals surface area contributed by atoms with Gasteiger partial charge in [0.05, 0.1) is 0 Å². The SMILES string of the molecule is CC(C)(C)c1cc(C(=O)c2ccc(O)cc2)cc(C(C)(C)C)c1. The van der Waals surface area contributed by atoms with E-state index in [1.165, 1.54) is 0 Å². The molecule has 2 aromatic carbocycles. The van der Waals surface area contributed by atoms with Crippen LogP contribution in [0.1, 0.15) is 68.6 Å². The first-order valence-corrected chi connectivity index (χ1v) is 7.98. The minimum atomic E-state index is -0.0226. The topological polar surface area (TPSA) is 37.3 Å². The number of phenols is 1. The van der Waals surface area contributed by atoms with Gasteiger partial charge in [0, 0.05) is 11.1 Å². The molecule has 0 fully saturated rings. The summed E-state index contributed by atoms with van der Waals surface area (Å²) in [5.41, 5.74) is 3.57. The van der Waals surface area contributed by atoms with Crippen LogP contribution in [0.5, 0.6) is 5.75 Å². The van der Waals surface area contributed by atoms with E-state index >= 15 is 0 Å². The summed E-state index contributed by atoms with van der Waals surface area (Å²) in [5, 5.41) is 9.40. The number of benzene rings is 2. The third kappa shape index (κ3) is 4.01. The summed E-state index contributed by atoms with van der Waals surface area (Å²) in [5.74, 6) is 0.155. The Kier molecular flexibility index (Phi) is 4.39. The maximum absolute atomic E-state index is 12.8. The summed E-state index contributed by atoms with van der Waals surface area (Å²) >= 11 is 0. The molecule has 0 spiro atoms. The summed E-state index contributed by atoms with van der Waals surface area (Å²) < 4.78 is 0. The molecule has 0 radical (unpaired) electrons. The quantitative estimate of drug-likeness (QED) is 0.772. The number of aromatic hydroxyl groups is 1. The normalized spacial score (nSPS) is 12.3. The number of rotatable bonds is 2. The van der Waals surface area contributed by atoms with Gasteiger partial charge in [-0.25, -0.2) is 0 Å². The first-order chi connectivity index (χ1) is 10.5. The fourth-order valence-electron chi connectivity index (χ4n) is 2.40. The number of hydrogen-bond acceptors (Lipinski definition) is 2. The summed E-state index contributed by atoms with van der Waals surface area (Å²) in [6, 6.07) is 12.6. The van der Waals surface area contributed by atoms with E-state index in [2.05, 4.69) is 47.6 Å². The van der Waals surface area contributed by atoms with Crippen LogP contribution in [0.15, 0.2) is 42.5 Å². The van der Waals surface area contributed by atoms with Crippen LogP contribution in [-0.4, -0.2) is 10.9 Å². The molecule has 0 aromatic heterocycles. The first-order valence-electron chi connectivity index (χ1n) is 7.98. The minimum absolute atomic E-state index is 0.0124. The fraction of sp³-hybridized carbons (Fsp3) is 0.381. The van der Waals surface area contributed by atoms with Gasteiger partial charge in [0.2, 0.25) is 0 Å². The summed E-state index contributed by atoms with van der Waals surface area (Å²) in [4.78, 5) is 12.8. The van der Waals surface area contributed by atoms with Crippen molar-refractivity contribution in [1.29, 1.82) is 0 Å². The van der Waals surface area contributed by atoms with Crippen molar-refractivity contribution in [2.24, 2.45) is 0 Å². The van der Waals surface area contributed by atoms with Gasteiger partial charge in [0.1, 0.15) is 5.75 Å². The molecule has 0 heterocycles. The highest BCUT2D eigenvalue weighted by atomic mass is 16.3. The molecule has 0 amide bonds. The van der Waals surface area contributed by atoms with Gasteiger partial charge in [0.25, 0.3) is 0 Å². The standard InChI is InChI=1S/C21H26O2/c1-20(2,3)16-11-15(12-17(13-16)21(4,5)6)19(23)14-7-9-18(22)10-8-14/h7-13,22H,1-6H3. The molecule has 2 heteroatoms. The Morgan fingerprint density at radius 1 is 0.739 bits per heavy atom. The van der Waals surface area contributed by atoms with Gasteiger partial charge in [-0.1, -0.05) is 47.6 Å². The fourth-order valence-corrected chi connectivity index (χ4v) is 2.40. The molecule has 0 saturated carbocycles. The van der Waals surface area contributed by atoms with Crippen molar-refractivity contribution in [3.05, 3.63) is 64.7 Å². The molecule has 2 nitrogen and oxygen atoms in total. The third-order valence-corrected chi connectivity index (χ3v) is 4.06. The monoisotopic (exact) mass is 310 g/mol. The van der Waals surface area contributed by atoms with Crippen LogP contribution in [-0.2, 0) is 10.8 Å². The van der Waals surface area contributed by atoms with Crippen molar-refractivity contribution in [3.63, 3.8) is 0 Å². The predicted octanol–water partition coefficient (Wildman–Crippen LogP) is 5.22. The van der Waals surface area contributed by atoms with E-state index in [1.54, 1.807) is 24.3 Å². The Morgan fingerprint density at radius 3 is 1.57 bits per heavy atom. The van der Waals surface area contributed by atoms with Gasteiger partial charge < -0.3 is 5.11 Å².